The second kappa shape index (κ2) is 5.45. The summed E-state index contributed by atoms with van der Waals surface area (Å²) in [4.78, 5) is 2.38. The van der Waals surface area contributed by atoms with Crippen LogP contribution in [0.4, 0.5) is 0 Å². The summed E-state index contributed by atoms with van der Waals surface area (Å²) < 4.78 is 5.24. The van der Waals surface area contributed by atoms with E-state index in [2.05, 4.69) is 17.3 Å². The van der Waals surface area contributed by atoms with Gasteiger partial charge < -0.3 is 20.1 Å². The van der Waals surface area contributed by atoms with Crippen LogP contribution >= 0.6 is 0 Å². The maximum Gasteiger partial charge on any atom is 0.102 e. The molecule has 2 rings (SSSR count). The summed E-state index contributed by atoms with van der Waals surface area (Å²) in [6, 6.07) is 0.564. The van der Waals surface area contributed by atoms with Gasteiger partial charge in [0.2, 0.25) is 0 Å². The molecule has 0 aromatic rings. The van der Waals surface area contributed by atoms with Gasteiger partial charge in [0.05, 0.1) is 6.61 Å². The largest absolute Gasteiger partial charge is 0.386 e. The Balaban J connectivity index is 1.72. The Morgan fingerprint density at radius 3 is 3.06 bits per heavy atom. The van der Waals surface area contributed by atoms with Crippen LogP contribution in [0, 0.1) is 0 Å². The Kier molecular flexibility index (Phi) is 4.19. The molecule has 0 aromatic heterocycles. The number of hydrogen-bond donors (Lipinski definition) is 2. The molecule has 2 saturated heterocycles. The van der Waals surface area contributed by atoms with Gasteiger partial charge in [0, 0.05) is 25.6 Å². The summed E-state index contributed by atoms with van der Waals surface area (Å²) in [5.74, 6) is 0. The quantitative estimate of drug-likeness (QED) is 0.725. The van der Waals surface area contributed by atoms with Crippen LogP contribution in [0.5, 0.6) is 0 Å². The summed E-state index contributed by atoms with van der Waals surface area (Å²) >= 11 is 0. The molecule has 4 nitrogen and oxygen atoms in total. The third-order valence-electron chi connectivity index (χ3n) is 3.75. The van der Waals surface area contributed by atoms with Crippen molar-refractivity contribution in [1.29, 1.82) is 0 Å². The number of nitrogens with zero attached hydrogens (tertiary/aromatic N) is 1. The van der Waals surface area contributed by atoms with E-state index < -0.39 is 5.60 Å². The van der Waals surface area contributed by atoms with Crippen LogP contribution in [0.3, 0.4) is 0 Å². The van der Waals surface area contributed by atoms with Gasteiger partial charge in [-0.1, -0.05) is 0 Å². The van der Waals surface area contributed by atoms with Gasteiger partial charge in [-0.2, -0.15) is 0 Å². The van der Waals surface area contributed by atoms with Crippen molar-refractivity contribution in [3.8, 4) is 0 Å². The zero-order chi connectivity index (χ0) is 11.4. The van der Waals surface area contributed by atoms with E-state index in [1.54, 1.807) is 0 Å². The smallest absolute Gasteiger partial charge is 0.102 e. The summed E-state index contributed by atoms with van der Waals surface area (Å²) in [6.07, 6.45) is 4.43. The van der Waals surface area contributed by atoms with Crippen LogP contribution < -0.4 is 5.32 Å². The van der Waals surface area contributed by atoms with E-state index in [1.165, 1.54) is 25.8 Å². The molecule has 0 aliphatic carbocycles. The summed E-state index contributed by atoms with van der Waals surface area (Å²) in [5.41, 5.74) is -0.613. The zero-order valence-electron chi connectivity index (χ0n) is 10.2. The molecule has 0 aromatic carbocycles. The highest BCUT2D eigenvalue weighted by atomic mass is 16.5. The van der Waals surface area contributed by atoms with Crippen LogP contribution in [-0.4, -0.2) is 61.5 Å². The van der Waals surface area contributed by atoms with E-state index in [4.69, 9.17) is 4.74 Å². The van der Waals surface area contributed by atoms with Gasteiger partial charge in [-0.05, 0) is 39.4 Å². The monoisotopic (exact) mass is 228 g/mol. The number of rotatable bonds is 3. The summed E-state index contributed by atoms with van der Waals surface area (Å²) in [6.45, 7) is 4.23. The van der Waals surface area contributed by atoms with E-state index in [0.29, 0.717) is 25.8 Å². The lowest BCUT2D eigenvalue weighted by Crippen LogP contribution is -2.45. The van der Waals surface area contributed by atoms with Crippen LogP contribution in [0.25, 0.3) is 0 Å². The molecule has 2 aliphatic rings. The Morgan fingerprint density at radius 1 is 1.44 bits per heavy atom. The molecule has 0 bridgehead atoms. The van der Waals surface area contributed by atoms with Crippen molar-refractivity contribution in [3.05, 3.63) is 0 Å². The minimum atomic E-state index is -0.613. The lowest BCUT2D eigenvalue weighted by Gasteiger charge is -2.25. The number of nitrogens with one attached hydrogen (secondary N) is 1. The van der Waals surface area contributed by atoms with Crippen LogP contribution in [0.15, 0.2) is 0 Å². The van der Waals surface area contributed by atoms with Gasteiger partial charge in [0.15, 0.2) is 0 Å². The van der Waals surface area contributed by atoms with E-state index in [9.17, 15) is 5.11 Å². The van der Waals surface area contributed by atoms with Crippen molar-refractivity contribution in [2.24, 2.45) is 0 Å². The van der Waals surface area contributed by atoms with Crippen molar-refractivity contribution in [2.45, 2.75) is 37.3 Å². The average molecular weight is 228 g/mol. The van der Waals surface area contributed by atoms with Gasteiger partial charge in [-0.15, -0.1) is 0 Å². The number of likely N-dealkylation sites (tertiary alicyclic amines) is 1. The molecule has 94 valence electrons. The first-order valence-electron chi connectivity index (χ1n) is 6.40. The minimum absolute atomic E-state index is 0.493. The summed E-state index contributed by atoms with van der Waals surface area (Å²) in [5, 5.41) is 13.7. The molecular weight excluding hydrogens is 204 g/mol. The van der Waals surface area contributed by atoms with Gasteiger partial charge in [0.1, 0.15) is 5.60 Å². The third-order valence-corrected chi connectivity index (χ3v) is 3.75. The topological polar surface area (TPSA) is 44.7 Å². The van der Waals surface area contributed by atoms with E-state index in [1.807, 2.05) is 0 Å². The standard InChI is InChI=1S/C12H24N2O2/c1-14-6-2-3-11(4-7-14)13-9-12(15)5-8-16-10-12/h11,13,15H,2-10H2,1H3. The van der Waals surface area contributed by atoms with Crippen molar-refractivity contribution in [2.75, 3.05) is 39.9 Å². The van der Waals surface area contributed by atoms with E-state index in [-0.39, 0.29) is 0 Å². The van der Waals surface area contributed by atoms with Crippen molar-refractivity contribution < 1.29 is 9.84 Å². The Labute approximate surface area is 98.0 Å². The zero-order valence-corrected chi connectivity index (χ0v) is 10.2. The fraction of sp³-hybridized carbons (Fsp3) is 1.00. The van der Waals surface area contributed by atoms with Crippen LogP contribution in [0.1, 0.15) is 25.7 Å². The Bertz CT molecular complexity index is 217. The Morgan fingerprint density at radius 2 is 2.31 bits per heavy atom. The molecule has 2 aliphatic heterocycles. The number of aliphatic hydroxyl groups is 1. The summed E-state index contributed by atoms with van der Waals surface area (Å²) in [7, 11) is 2.18. The highest BCUT2D eigenvalue weighted by Crippen LogP contribution is 2.18. The van der Waals surface area contributed by atoms with Gasteiger partial charge in [-0.25, -0.2) is 0 Å². The molecule has 0 amide bonds. The van der Waals surface area contributed by atoms with Crippen LogP contribution in [-0.2, 0) is 4.74 Å². The average Bonchev–Trinajstić information content (AvgIpc) is 2.58. The molecule has 2 fully saturated rings. The minimum Gasteiger partial charge on any atom is -0.386 e. The second-order valence-corrected chi connectivity index (χ2v) is 5.34. The molecule has 0 saturated carbocycles. The first-order chi connectivity index (χ1) is 7.68. The van der Waals surface area contributed by atoms with Crippen molar-refractivity contribution in [3.63, 3.8) is 0 Å². The first-order valence-corrected chi connectivity index (χ1v) is 6.40. The molecule has 16 heavy (non-hydrogen) atoms. The predicted octanol–water partition coefficient (Wildman–Crippen LogP) is 0.212. The SMILES string of the molecule is CN1CCCC(NCC2(O)CCOC2)CC1. The lowest BCUT2D eigenvalue weighted by atomic mass is 10.0. The highest BCUT2D eigenvalue weighted by Gasteiger charge is 2.32. The molecule has 2 heterocycles. The molecule has 4 heteroatoms. The second-order valence-electron chi connectivity index (χ2n) is 5.34. The molecule has 2 N–H and O–H groups in total. The maximum absolute atomic E-state index is 10.1. The molecular formula is C12H24N2O2. The van der Waals surface area contributed by atoms with Crippen molar-refractivity contribution in [1.82, 2.24) is 10.2 Å². The van der Waals surface area contributed by atoms with Crippen molar-refractivity contribution >= 4 is 0 Å². The predicted molar refractivity (Wildman–Crippen MR) is 63.5 cm³/mol. The first kappa shape index (κ1) is 12.3. The highest BCUT2D eigenvalue weighted by molar-refractivity contribution is 4.87. The van der Waals surface area contributed by atoms with E-state index >= 15 is 0 Å². The third kappa shape index (κ3) is 3.42. The number of hydrogen-bond acceptors (Lipinski definition) is 4. The fourth-order valence-electron chi connectivity index (χ4n) is 2.51. The molecule has 0 radical (unpaired) electrons. The molecule has 2 atom stereocenters. The van der Waals surface area contributed by atoms with Gasteiger partial charge in [0.25, 0.3) is 0 Å². The lowest BCUT2D eigenvalue weighted by molar-refractivity contribution is 0.0244. The molecule has 0 spiro atoms. The normalized spacial score (nSPS) is 37.5. The number of ether oxygens (including phenoxy) is 1. The van der Waals surface area contributed by atoms with Gasteiger partial charge in [-0.3, -0.25) is 0 Å². The van der Waals surface area contributed by atoms with Crippen LogP contribution in [0.2, 0.25) is 0 Å². The van der Waals surface area contributed by atoms with Gasteiger partial charge >= 0.3 is 0 Å². The fourth-order valence-corrected chi connectivity index (χ4v) is 2.51. The Hall–Kier alpha value is -0.160. The molecule has 2 unspecified atom stereocenters. The maximum atomic E-state index is 10.1. The van der Waals surface area contributed by atoms with E-state index in [0.717, 1.165) is 13.0 Å².